The van der Waals surface area contributed by atoms with Crippen LogP contribution in [0.15, 0.2) is 24.3 Å². The average molecular weight is 241 g/mol. The van der Waals surface area contributed by atoms with E-state index >= 15 is 0 Å². The number of alkyl halides is 3. The van der Waals surface area contributed by atoms with E-state index in [-0.39, 0.29) is 5.54 Å². The maximum absolute atomic E-state index is 12.7. The predicted octanol–water partition coefficient (Wildman–Crippen LogP) is 3.45. The average Bonchev–Trinajstić information content (AvgIpc) is 2.28. The van der Waals surface area contributed by atoms with Gasteiger partial charge in [-0.1, -0.05) is 12.1 Å². The van der Waals surface area contributed by atoms with Crippen LogP contribution in [0.2, 0.25) is 0 Å². The van der Waals surface area contributed by atoms with Gasteiger partial charge in [0.05, 0.1) is 5.56 Å². The SMILES string of the molecule is FC(F)(F)c1cccc(C23CCCC(C2)N3)c1. The van der Waals surface area contributed by atoms with Gasteiger partial charge >= 0.3 is 6.18 Å². The Balaban J connectivity index is 1.94. The van der Waals surface area contributed by atoms with Gasteiger partial charge in [-0.05, 0) is 43.4 Å². The smallest absolute Gasteiger partial charge is 0.304 e. The fourth-order valence-electron chi connectivity index (χ4n) is 3.13. The lowest BCUT2D eigenvalue weighted by Gasteiger charge is -2.54. The third kappa shape index (κ3) is 1.75. The van der Waals surface area contributed by atoms with Crippen molar-refractivity contribution in [1.82, 2.24) is 5.32 Å². The molecule has 3 fully saturated rings. The summed E-state index contributed by atoms with van der Waals surface area (Å²) in [5.74, 6) is 0. The molecule has 17 heavy (non-hydrogen) atoms. The molecule has 0 spiro atoms. The summed E-state index contributed by atoms with van der Waals surface area (Å²) in [6, 6.07) is 6.27. The lowest BCUT2D eigenvalue weighted by atomic mass is 9.67. The van der Waals surface area contributed by atoms with Gasteiger partial charge < -0.3 is 5.32 Å². The zero-order valence-electron chi connectivity index (χ0n) is 9.35. The van der Waals surface area contributed by atoms with E-state index in [1.54, 1.807) is 0 Å². The van der Waals surface area contributed by atoms with Crippen molar-refractivity contribution in [1.29, 1.82) is 0 Å². The Labute approximate surface area is 98.0 Å². The molecule has 2 atom stereocenters. The summed E-state index contributed by atoms with van der Waals surface area (Å²) in [5.41, 5.74) is 0.0768. The van der Waals surface area contributed by atoms with Gasteiger partial charge in [-0.15, -0.1) is 0 Å². The maximum Gasteiger partial charge on any atom is 0.416 e. The highest BCUT2D eigenvalue weighted by Gasteiger charge is 2.47. The lowest BCUT2D eigenvalue weighted by molar-refractivity contribution is -0.137. The molecule has 0 aromatic heterocycles. The predicted molar refractivity (Wildman–Crippen MR) is 58.5 cm³/mol. The number of hydrogen-bond donors (Lipinski definition) is 1. The minimum absolute atomic E-state index is 0.176. The van der Waals surface area contributed by atoms with E-state index in [4.69, 9.17) is 0 Å². The molecule has 0 radical (unpaired) electrons. The van der Waals surface area contributed by atoms with E-state index in [1.165, 1.54) is 12.1 Å². The Morgan fingerprint density at radius 3 is 2.65 bits per heavy atom. The van der Waals surface area contributed by atoms with Crippen LogP contribution in [0, 0.1) is 0 Å². The van der Waals surface area contributed by atoms with Crippen molar-refractivity contribution in [3.8, 4) is 0 Å². The van der Waals surface area contributed by atoms with Crippen LogP contribution < -0.4 is 5.32 Å². The number of rotatable bonds is 1. The van der Waals surface area contributed by atoms with Crippen LogP contribution in [-0.4, -0.2) is 6.04 Å². The molecule has 2 heterocycles. The molecule has 2 saturated heterocycles. The van der Waals surface area contributed by atoms with E-state index in [2.05, 4.69) is 5.32 Å². The number of halogens is 3. The first-order valence-corrected chi connectivity index (χ1v) is 5.95. The third-order valence-electron chi connectivity index (χ3n) is 3.97. The maximum atomic E-state index is 12.7. The number of fused-ring (bicyclic) bond motifs is 2. The van der Waals surface area contributed by atoms with Crippen molar-refractivity contribution in [2.45, 2.75) is 43.4 Å². The first-order chi connectivity index (χ1) is 8.00. The Kier molecular flexibility index (Phi) is 2.27. The van der Waals surface area contributed by atoms with Crippen LogP contribution in [-0.2, 0) is 11.7 Å². The molecule has 4 heteroatoms. The quantitative estimate of drug-likeness (QED) is 0.794. The second-order valence-corrected chi connectivity index (χ2v) is 5.10. The first kappa shape index (κ1) is 11.1. The van der Waals surface area contributed by atoms with Crippen LogP contribution in [0.5, 0.6) is 0 Å². The van der Waals surface area contributed by atoms with Crippen molar-refractivity contribution < 1.29 is 13.2 Å². The van der Waals surface area contributed by atoms with Gasteiger partial charge in [0.25, 0.3) is 0 Å². The number of piperidine rings is 1. The third-order valence-corrected chi connectivity index (χ3v) is 3.97. The van der Waals surface area contributed by atoms with E-state index in [1.807, 2.05) is 6.07 Å². The first-order valence-electron chi connectivity index (χ1n) is 5.95. The van der Waals surface area contributed by atoms with Crippen molar-refractivity contribution in [2.24, 2.45) is 0 Å². The van der Waals surface area contributed by atoms with Crippen LogP contribution in [0.4, 0.5) is 13.2 Å². The van der Waals surface area contributed by atoms with Gasteiger partial charge in [-0.25, -0.2) is 0 Å². The molecular formula is C13H14F3N. The zero-order chi connectivity index (χ0) is 12.1. The minimum Gasteiger partial charge on any atom is -0.304 e. The van der Waals surface area contributed by atoms with Gasteiger partial charge in [-0.3, -0.25) is 0 Å². The molecule has 1 nitrogen and oxygen atoms in total. The van der Waals surface area contributed by atoms with Gasteiger partial charge in [0.15, 0.2) is 0 Å². The molecule has 2 unspecified atom stereocenters. The van der Waals surface area contributed by atoms with Gasteiger partial charge in [0.2, 0.25) is 0 Å². The second kappa shape index (κ2) is 3.48. The van der Waals surface area contributed by atoms with Crippen LogP contribution in [0.3, 0.4) is 0 Å². The van der Waals surface area contributed by atoms with Crippen LogP contribution >= 0.6 is 0 Å². The summed E-state index contributed by atoms with van der Waals surface area (Å²) in [6.45, 7) is 0. The number of benzene rings is 1. The zero-order valence-corrected chi connectivity index (χ0v) is 9.35. The Bertz CT molecular complexity index is 427. The highest BCUT2D eigenvalue weighted by molar-refractivity contribution is 5.34. The standard InChI is InChI=1S/C13H14F3N/c14-13(15,16)10-4-1-3-9(7-10)12-6-2-5-11(8-12)17-12/h1,3-4,7,11,17H,2,5-6,8H2. The Morgan fingerprint density at radius 1 is 1.29 bits per heavy atom. The molecule has 2 bridgehead atoms. The lowest BCUT2D eigenvalue weighted by Crippen LogP contribution is -2.63. The molecule has 0 amide bonds. The van der Waals surface area contributed by atoms with Crippen LogP contribution in [0.25, 0.3) is 0 Å². The number of nitrogens with one attached hydrogen (secondary N) is 1. The fourth-order valence-corrected chi connectivity index (χ4v) is 3.13. The molecule has 1 aliphatic carbocycles. The summed E-state index contributed by atoms with van der Waals surface area (Å²) < 4.78 is 38.0. The van der Waals surface area contributed by atoms with E-state index in [0.717, 1.165) is 37.3 Å². The van der Waals surface area contributed by atoms with Crippen molar-refractivity contribution in [3.05, 3.63) is 35.4 Å². The molecular weight excluding hydrogens is 227 g/mol. The van der Waals surface area contributed by atoms with Gasteiger partial charge in [0.1, 0.15) is 0 Å². The second-order valence-electron chi connectivity index (χ2n) is 5.10. The highest BCUT2D eigenvalue weighted by atomic mass is 19.4. The van der Waals surface area contributed by atoms with Gasteiger partial charge in [-0.2, -0.15) is 13.2 Å². The molecule has 3 aliphatic rings. The molecule has 92 valence electrons. The van der Waals surface area contributed by atoms with Gasteiger partial charge in [0, 0.05) is 11.6 Å². The monoisotopic (exact) mass is 241 g/mol. The minimum atomic E-state index is -4.25. The Morgan fingerprint density at radius 2 is 2.06 bits per heavy atom. The Hall–Kier alpha value is -1.03. The molecule has 1 N–H and O–H groups in total. The molecule has 1 aromatic rings. The molecule has 1 saturated carbocycles. The van der Waals surface area contributed by atoms with Crippen LogP contribution in [0.1, 0.15) is 36.8 Å². The van der Waals surface area contributed by atoms with Crippen molar-refractivity contribution in [2.75, 3.05) is 0 Å². The highest BCUT2D eigenvalue weighted by Crippen LogP contribution is 2.46. The normalized spacial score (nSPS) is 32.1. The number of hydrogen-bond acceptors (Lipinski definition) is 1. The molecule has 2 aliphatic heterocycles. The summed E-state index contributed by atoms with van der Waals surface area (Å²) in [5, 5.41) is 3.42. The summed E-state index contributed by atoms with van der Waals surface area (Å²) in [4.78, 5) is 0. The summed E-state index contributed by atoms with van der Waals surface area (Å²) in [7, 11) is 0. The molecule has 1 aromatic carbocycles. The largest absolute Gasteiger partial charge is 0.416 e. The van der Waals surface area contributed by atoms with E-state index in [9.17, 15) is 13.2 Å². The summed E-state index contributed by atoms with van der Waals surface area (Å²) in [6.07, 6.45) is -0.0573. The van der Waals surface area contributed by atoms with Crippen molar-refractivity contribution >= 4 is 0 Å². The van der Waals surface area contributed by atoms with E-state index < -0.39 is 11.7 Å². The van der Waals surface area contributed by atoms with Crippen molar-refractivity contribution in [3.63, 3.8) is 0 Å². The fraction of sp³-hybridized carbons (Fsp3) is 0.538. The topological polar surface area (TPSA) is 12.0 Å². The molecule has 4 rings (SSSR count). The summed E-state index contributed by atoms with van der Waals surface area (Å²) >= 11 is 0. The van der Waals surface area contributed by atoms with E-state index in [0.29, 0.717) is 6.04 Å².